The number of carbonyl (C=O) groups is 1. The predicted octanol–water partition coefficient (Wildman–Crippen LogP) is 0.406. The fraction of sp³-hybridized carbons (Fsp3) is 0.875. The Bertz CT molecular complexity index is 380. The summed E-state index contributed by atoms with van der Waals surface area (Å²) in [7, 11) is 0. The maximum Gasteiger partial charge on any atom is 0.242 e. The largest absolute Gasteiger partial charge is 0.379 e. The van der Waals surface area contributed by atoms with Gasteiger partial charge in [0.25, 0.3) is 0 Å². The molecule has 1 unspecified atom stereocenters. The number of hydrogen-bond acceptors (Lipinski definition) is 4. The van der Waals surface area contributed by atoms with Gasteiger partial charge in [0, 0.05) is 32.3 Å². The maximum absolute atomic E-state index is 11.6. The van der Waals surface area contributed by atoms with Crippen LogP contribution in [0.1, 0.15) is 39.0 Å². The van der Waals surface area contributed by atoms with E-state index in [1.165, 1.54) is 0 Å². The zero-order chi connectivity index (χ0) is 16.3. The SMILES string of the molecule is CCNC(=NCC(=O)NC1CC1)NCCCOCC1CCCO1. The number of nitrogens with zero attached hydrogens (tertiary/aromatic N) is 1. The average molecular weight is 326 g/mol. The molecule has 7 nitrogen and oxygen atoms in total. The molecular weight excluding hydrogens is 296 g/mol. The fourth-order valence-electron chi connectivity index (χ4n) is 2.37. The van der Waals surface area contributed by atoms with Gasteiger partial charge in [0.2, 0.25) is 5.91 Å². The van der Waals surface area contributed by atoms with Gasteiger partial charge in [0.05, 0.1) is 12.7 Å². The second-order valence-corrected chi connectivity index (χ2v) is 6.03. The van der Waals surface area contributed by atoms with Gasteiger partial charge >= 0.3 is 0 Å². The first-order valence-corrected chi connectivity index (χ1v) is 8.79. The minimum Gasteiger partial charge on any atom is -0.379 e. The molecule has 0 aromatic rings. The van der Waals surface area contributed by atoms with Crippen LogP contribution >= 0.6 is 0 Å². The monoisotopic (exact) mass is 326 g/mol. The number of nitrogens with one attached hydrogen (secondary N) is 3. The third-order valence-corrected chi connectivity index (χ3v) is 3.75. The smallest absolute Gasteiger partial charge is 0.242 e. The van der Waals surface area contributed by atoms with E-state index in [9.17, 15) is 4.79 Å². The van der Waals surface area contributed by atoms with Gasteiger partial charge in [-0.25, -0.2) is 4.99 Å². The number of ether oxygens (including phenoxy) is 2. The van der Waals surface area contributed by atoms with Crippen molar-refractivity contribution in [3.8, 4) is 0 Å². The first-order valence-electron chi connectivity index (χ1n) is 8.79. The molecule has 0 bridgehead atoms. The van der Waals surface area contributed by atoms with Gasteiger partial charge in [-0.1, -0.05) is 0 Å². The lowest BCUT2D eigenvalue weighted by atomic mass is 10.2. The van der Waals surface area contributed by atoms with Crippen molar-refractivity contribution in [1.82, 2.24) is 16.0 Å². The molecule has 2 rings (SSSR count). The number of amides is 1. The van der Waals surface area contributed by atoms with Crippen molar-refractivity contribution < 1.29 is 14.3 Å². The maximum atomic E-state index is 11.6. The van der Waals surface area contributed by atoms with Crippen LogP contribution in [0, 0.1) is 0 Å². The normalized spacial score (nSPS) is 21.3. The molecule has 0 spiro atoms. The first-order chi connectivity index (χ1) is 11.3. The summed E-state index contributed by atoms with van der Waals surface area (Å²) in [5.74, 6) is 0.669. The lowest BCUT2D eigenvalue weighted by Crippen LogP contribution is -2.39. The summed E-state index contributed by atoms with van der Waals surface area (Å²) in [5, 5.41) is 9.29. The second-order valence-electron chi connectivity index (χ2n) is 6.03. The van der Waals surface area contributed by atoms with Crippen molar-refractivity contribution in [1.29, 1.82) is 0 Å². The summed E-state index contributed by atoms with van der Waals surface area (Å²) >= 11 is 0. The van der Waals surface area contributed by atoms with E-state index in [-0.39, 0.29) is 18.6 Å². The number of aliphatic imine (C=N–C) groups is 1. The Morgan fingerprint density at radius 1 is 1.30 bits per heavy atom. The summed E-state index contributed by atoms with van der Waals surface area (Å²) in [6.45, 7) is 5.97. The number of guanidine groups is 1. The molecule has 0 aromatic carbocycles. The number of carbonyl (C=O) groups excluding carboxylic acids is 1. The fourth-order valence-corrected chi connectivity index (χ4v) is 2.37. The lowest BCUT2D eigenvalue weighted by molar-refractivity contribution is -0.119. The molecule has 7 heteroatoms. The molecule has 2 fully saturated rings. The summed E-state index contributed by atoms with van der Waals surface area (Å²) < 4.78 is 11.1. The third kappa shape index (κ3) is 8.18. The van der Waals surface area contributed by atoms with Crippen molar-refractivity contribution in [2.24, 2.45) is 4.99 Å². The molecule has 1 saturated carbocycles. The van der Waals surface area contributed by atoms with Crippen molar-refractivity contribution >= 4 is 11.9 Å². The van der Waals surface area contributed by atoms with E-state index in [1.807, 2.05) is 6.92 Å². The van der Waals surface area contributed by atoms with E-state index in [4.69, 9.17) is 9.47 Å². The molecule has 1 saturated heterocycles. The van der Waals surface area contributed by atoms with Crippen molar-refractivity contribution in [3.05, 3.63) is 0 Å². The highest BCUT2D eigenvalue weighted by molar-refractivity contribution is 5.85. The van der Waals surface area contributed by atoms with E-state index in [2.05, 4.69) is 20.9 Å². The molecule has 3 N–H and O–H groups in total. The van der Waals surface area contributed by atoms with Gasteiger partial charge in [-0.3, -0.25) is 4.79 Å². The second kappa shape index (κ2) is 10.4. The van der Waals surface area contributed by atoms with Gasteiger partial charge < -0.3 is 25.4 Å². The Hall–Kier alpha value is -1.34. The van der Waals surface area contributed by atoms with Gasteiger partial charge in [0.1, 0.15) is 6.54 Å². The van der Waals surface area contributed by atoms with E-state index >= 15 is 0 Å². The van der Waals surface area contributed by atoms with Crippen LogP contribution in [-0.4, -0.2) is 63.5 Å². The third-order valence-electron chi connectivity index (χ3n) is 3.75. The molecule has 0 radical (unpaired) electrons. The molecule has 23 heavy (non-hydrogen) atoms. The molecule has 0 aromatic heterocycles. The van der Waals surface area contributed by atoms with E-state index in [0.29, 0.717) is 25.2 Å². The van der Waals surface area contributed by atoms with Gasteiger partial charge in [-0.2, -0.15) is 0 Å². The van der Waals surface area contributed by atoms with Crippen LogP contribution in [-0.2, 0) is 14.3 Å². The first kappa shape index (κ1) is 18.0. The van der Waals surface area contributed by atoms with Crippen LogP contribution < -0.4 is 16.0 Å². The zero-order valence-electron chi connectivity index (χ0n) is 14.1. The van der Waals surface area contributed by atoms with E-state index < -0.39 is 0 Å². The molecule has 1 aliphatic carbocycles. The Morgan fingerprint density at radius 3 is 2.87 bits per heavy atom. The highest BCUT2D eigenvalue weighted by Gasteiger charge is 2.22. The van der Waals surface area contributed by atoms with Crippen LogP contribution in [0.5, 0.6) is 0 Å². The van der Waals surface area contributed by atoms with Crippen molar-refractivity contribution in [2.45, 2.75) is 51.2 Å². The minimum atomic E-state index is -0.00963. The van der Waals surface area contributed by atoms with Crippen LogP contribution in [0.3, 0.4) is 0 Å². The van der Waals surface area contributed by atoms with Crippen molar-refractivity contribution in [3.63, 3.8) is 0 Å². The molecule has 132 valence electrons. The quantitative estimate of drug-likeness (QED) is 0.308. The molecule has 1 atom stereocenters. The zero-order valence-corrected chi connectivity index (χ0v) is 14.1. The van der Waals surface area contributed by atoms with Gasteiger partial charge in [-0.15, -0.1) is 0 Å². The van der Waals surface area contributed by atoms with Crippen LogP contribution in [0.25, 0.3) is 0 Å². The summed E-state index contributed by atoms with van der Waals surface area (Å²) in [4.78, 5) is 15.9. The van der Waals surface area contributed by atoms with Gasteiger partial charge in [0.15, 0.2) is 5.96 Å². The highest BCUT2D eigenvalue weighted by atomic mass is 16.5. The molecule has 1 heterocycles. The van der Waals surface area contributed by atoms with E-state index in [0.717, 1.165) is 51.8 Å². The summed E-state index contributed by atoms with van der Waals surface area (Å²) in [6, 6.07) is 0.384. The Labute approximate surface area is 138 Å². The number of hydrogen-bond donors (Lipinski definition) is 3. The topological polar surface area (TPSA) is 84.0 Å². The average Bonchev–Trinajstić information content (AvgIpc) is 3.20. The molecular formula is C16H30N4O3. The molecule has 2 aliphatic rings. The number of rotatable bonds is 10. The predicted molar refractivity (Wildman–Crippen MR) is 89.6 cm³/mol. The molecule has 1 aliphatic heterocycles. The minimum absolute atomic E-state index is 0.00963. The Morgan fingerprint density at radius 2 is 2.17 bits per heavy atom. The standard InChI is InChI=1S/C16H30N4O3/c1-2-17-16(19-11-15(21)20-13-6-7-13)18-8-4-9-22-12-14-5-3-10-23-14/h13-14H,2-12H2,1H3,(H,20,21)(H2,17,18,19). The van der Waals surface area contributed by atoms with Crippen LogP contribution in [0.4, 0.5) is 0 Å². The van der Waals surface area contributed by atoms with Crippen LogP contribution in [0.2, 0.25) is 0 Å². The van der Waals surface area contributed by atoms with Crippen molar-refractivity contribution in [2.75, 3.05) is 39.5 Å². The lowest BCUT2D eigenvalue weighted by Gasteiger charge is -2.12. The van der Waals surface area contributed by atoms with Gasteiger partial charge in [-0.05, 0) is 39.0 Å². The summed E-state index contributed by atoms with van der Waals surface area (Å²) in [5.41, 5.74) is 0. The Balaban J connectivity index is 1.52. The summed E-state index contributed by atoms with van der Waals surface area (Å²) in [6.07, 6.45) is 5.63. The molecule has 1 amide bonds. The van der Waals surface area contributed by atoms with E-state index in [1.54, 1.807) is 0 Å². The van der Waals surface area contributed by atoms with Crippen LogP contribution in [0.15, 0.2) is 4.99 Å². The Kier molecular flexibility index (Phi) is 8.17. The highest BCUT2D eigenvalue weighted by Crippen LogP contribution is 2.18.